The van der Waals surface area contributed by atoms with E-state index in [9.17, 15) is 0 Å². The highest BCUT2D eigenvalue weighted by Crippen LogP contribution is 2.35. The molecule has 1 aliphatic heterocycles. The summed E-state index contributed by atoms with van der Waals surface area (Å²) in [4.78, 5) is 0. The maximum Gasteiger partial charge on any atom is 0.0380 e. The van der Waals surface area contributed by atoms with Crippen molar-refractivity contribution in [2.75, 3.05) is 11.5 Å². The van der Waals surface area contributed by atoms with Gasteiger partial charge in [-0.05, 0) is 30.4 Å². The second-order valence-electron chi connectivity index (χ2n) is 5.30. The van der Waals surface area contributed by atoms with E-state index in [-0.39, 0.29) is 0 Å². The van der Waals surface area contributed by atoms with Crippen LogP contribution in [0.3, 0.4) is 0 Å². The van der Waals surface area contributed by atoms with Crippen LogP contribution in [0, 0.1) is 0 Å². The summed E-state index contributed by atoms with van der Waals surface area (Å²) in [5.74, 6) is 8.38. The summed E-state index contributed by atoms with van der Waals surface area (Å²) in [6.45, 7) is 4.49. The Morgan fingerprint density at radius 1 is 1.15 bits per heavy atom. The van der Waals surface area contributed by atoms with Gasteiger partial charge in [0.1, 0.15) is 0 Å². The van der Waals surface area contributed by atoms with Crippen LogP contribution in [0.2, 0.25) is 0 Å². The third-order valence-electron chi connectivity index (χ3n) is 3.99. The lowest BCUT2D eigenvalue weighted by atomic mass is 9.99. The monoisotopic (exact) mass is 310 g/mol. The molecule has 4 heteroatoms. The summed E-state index contributed by atoms with van der Waals surface area (Å²) in [6, 6.07) is 9.35. The number of thioether (sulfide) groups is 2. The van der Waals surface area contributed by atoms with Crippen LogP contribution >= 0.6 is 23.5 Å². The van der Waals surface area contributed by atoms with Crippen molar-refractivity contribution in [2.45, 2.75) is 49.7 Å². The molecule has 3 N–H and O–H groups in total. The lowest BCUT2D eigenvalue weighted by Gasteiger charge is -2.35. The molecule has 0 saturated carbocycles. The Morgan fingerprint density at radius 3 is 2.40 bits per heavy atom. The van der Waals surface area contributed by atoms with Gasteiger partial charge >= 0.3 is 0 Å². The van der Waals surface area contributed by atoms with Gasteiger partial charge < -0.3 is 0 Å². The number of rotatable bonds is 6. The zero-order chi connectivity index (χ0) is 14.4. The van der Waals surface area contributed by atoms with E-state index >= 15 is 0 Å². The highest BCUT2D eigenvalue weighted by molar-refractivity contribution is 8.07. The van der Waals surface area contributed by atoms with E-state index in [1.165, 1.54) is 29.1 Å². The third kappa shape index (κ3) is 4.17. The van der Waals surface area contributed by atoms with E-state index in [2.05, 4.69) is 67.1 Å². The van der Waals surface area contributed by atoms with Crippen molar-refractivity contribution >= 4 is 23.5 Å². The van der Waals surface area contributed by atoms with Gasteiger partial charge in [0.2, 0.25) is 0 Å². The highest BCUT2D eigenvalue weighted by Gasteiger charge is 2.31. The first-order valence-corrected chi connectivity index (χ1v) is 9.65. The van der Waals surface area contributed by atoms with Gasteiger partial charge in [-0.2, -0.15) is 23.5 Å². The molecule has 3 unspecified atom stereocenters. The van der Waals surface area contributed by atoms with Crippen LogP contribution in [0.15, 0.2) is 24.3 Å². The number of nitrogens with one attached hydrogen (secondary N) is 1. The molecule has 1 heterocycles. The number of benzene rings is 1. The van der Waals surface area contributed by atoms with Crippen LogP contribution in [-0.4, -0.2) is 28.0 Å². The first-order chi connectivity index (χ1) is 9.78. The Bertz CT molecular complexity index is 394. The summed E-state index contributed by atoms with van der Waals surface area (Å²) in [7, 11) is 0. The van der Waals surface area contributed by atoms with Gasteiger partial charge in [0, 0.05) is 28.0 Å². The minimum Gasteiger partial charge on any atom is -0.271 e. The number of nitrogens with two attached hydrogens (primary N) is 1. The summed E-state index contributed by atoms with van der Waals surface area (Å²) in [6.07, 6.45) is 3.36. The molecule has 0 amide bonds. The molecule has 0 radical (unpaired) electrons. The average molecular weight is 311 g/mol. The quantitative estimate of drug-likeness (QED) is 0.625. The topological polar surface area (TPSA) is 38.0 Å². The molecule has 20 heavy (non-hydrogen) atoms. The Hall–Kier alpha value is -0.160. The van der Waals surface area contributed by atoms with E-state index < -0.39 is 0 Å². The standard InChI is InChI=1S/C16H26N2S2/c1-3-12-5-7-13(8-6-12)11-14(18-17)16-15(4-2)19-9-10-20-16/h5-8,14-16,18H,3-4,9-11,17H2,1-2H3. The Balaban J connectivity index is 2.02. The molecule has 0 bridgehead atoms. The number of aryl methyl sites for hydroxylation is 1. The fraction of sp³-hybridized carbons (Fsp3) is 0.625. The second kappa shape index (κ2) is 8.32. The SMILES string of the molecule is CCc1ccc(CC(NN)C2SCCSC2CC)cc1. The molecule has 1 aromatic carbocycles. The van der Waals surface area contributed by atoms with Crippen molar-refractivity contribution in [2.24, 2.45) is 5.84 Å². The van der Waals surface area contributed by atoms with Crippen LogP contribution in [0.4, 0.5) is 0 Å². The van der Waals surface area contributed by atoms with Crippen molar-refractivity contribution < 1.29 is 0 Å². The lowest BCUT2D eigenvalue weighted by molar-refractivity contribution is 0.490. The largest absolute Gasteiger partial charge is 0.271 e. The predicted molar refractivity (Wildman–Crippen MR) is 93.4 cm³/mol. The molecule has 3 atom stereocenters. The summed E-state index contributed by atoms with van der Waals surface area (Å²) in [5.41, 5.74) is 5.87. The second-order valence-corrected chi connectivity index (χ2v) is 7.93. The third-order valence-corrected chi connectivity index (χ3v) is 7.40. The first-order valence-electron chi connectivity index (χ1n) is 7.55. The smallest absolute Gasteiger partial charge is 0.0380 e. The van der Waals surface area contributed by atoms with Crippen molar-refractivity contribution in [3.05, 3.63) is 35.4 Å². The fourth-order valence-corrected chi connectivity index (χ4v) is 5.99. The lowest BCUT2D eigenvalue weighted by Crippen LogP contribution is -2.49. The van der Waals surface area contributed by atoms with Crippen LogP contribution < -0.4 is 11.3 Å². The predicted octanol–water partition coefficient (Wildman–Crippen LogP) is 3.25. The van der Waals surface area contributed by atoms with E-state index in [1.54, 1.807) is 0 Å². The molecular formula is C16H26N2S2. The van der Waals surface area contributed by atoms with Crippen LogP contribution in [0.1, 0.15) is 31.4 Å². The summed E-state index contributed by atoms with van der Waals surface area (Å²) >= 11 is 4.21. The summed E-state index contributed by atoms with van der Waals surface area (Å²) in [5, 5.41) is 1.35. The van der Waals surface area contributed by atoms with Crippen molar-refractivity contribution in [1.29, 1.82) is 0 Å². The molecule has 1 aromatic rings. The molecule has 0 aliphatic carbocycles. The van der Waals surface area contributed by atoms with Gasteiger partial charge in [0.25, 0.3) is 0 Å². The maximum atomic E-state index is 5.85. The van der Waals surface area contributed by atoms with Crippen LogP contribution in [-0.2, 0) is 12.8 Å². The van der Waals surface area contributed by atoms with Crippen molar-refractivity contribution in [3.63, 3.8) is 0 Å². The van der Waals surface area contributed by atoms with Crippen molar-refractivity contribution in [3.8, 4) is 0 Å². The van der Waals surface area contributed by atoms with Gasteiger partial charge in [0.05, 0.1) is 0 Å². The fourth-order valence-electron chi connectivity index (χ4n) is 2.75. The van der Waals surface area contributed by atoms with E-state index in [4.69, 9.17) is 5.84 Å². The Morgan fingerprint density at radius 2 is 1.80 bits per heavy atom. The molecule has 0 spiro atoms. The Kier molecular flexibility index (Phi) is 6.75. The van der Waals surface area contributed by atoms with Gasteiger partial charge in [-0.15, -0.1) is 0 Å². The molecule has 2 nitrogen and oxygen atoms in total. The highest BCUT2D eigenvalue weighted by atomic mass is 32.2. The molecular weight excluding hydrogens is 284 g/mol. The van der Waals surface area contributed by atoms with Gasteiger partial charge in [-0.1, -0.05) is 38.1 Å². The number of hydrazine groups is 1. The minimum absolute atomic E-state index is 0.366. The zero-order valence-corrected chi connectivity index (χ0v) is 14.1. The molecule has 1 saturated heterocycles. The normalized spacial score (nSPS) is 24.6. The summed E-state index contributed by atoms with van der Waals surface area (Å²) < 4.78 is 0. The molecule has 0 aromatic heterocycles. The van der Waals surface area contributed by atoms with Gasteiger partial charge in [-0.25, -0.2) is 0 Å². The number of hydrogen-bond donors (Lipinski definition) is 2. The number of hydrogen-bond acceptors (Lipinski definition) is 4. The van der Waals surface area contributed by atoms with Crippen molar-refractivity contribution in [1.82, 2.24) is 5.43 Å². The molecule has 2 rings (SSSR count). The maximum absolute atomic E-state index is 5.85. The Labute approximate surface area is 131 Å². The molecule has 112 valence electrons. The van der Waals surface area contributed by atoms with E-state index in [0.717, 1.165) is 18.1 Å². The van der Waals surface area contributed by atoms with Crippen LogP contribution in [0.5, 0.6) is 0 Å². The first kappa shape index (κ1) is 16.2. The molecule has 1 aliphatic rings. The minimum atomic E-state index is 0.366. The van der Waals surface area contributed by atoms with Crippen LogP contribution in [0.25, 0.3) is 0 Å². The molecule has 1 fully saturated rings. The van der Waals surface area contributed by atoms with E-state index in [0.29, 0.717) is 11.3 Å². The van der Waals surface area contributed by atoms with E-state index in [1.807, 2.05) is 0 Å². The average Bonchev–Trinajstić information content (AvgIpc) is 2.53. The zero-order valence-electron chi connectivity index (χ0n) is 12.5. The van der Waals surface area contributed by atoms with Gasteiger partial charge in [-0.3, -0.25) is 11.3 Å². The van der Waals surface area contributed by atoms with Gasteiger partial charge in [0.15, 0.2) is 0 Å².